The minimum Gasteiger partial charge on any atom is -0.491 e. The molecule has 2 rings (SSSR count). The lowest BCUT2D eigenvalue weighted by Gasteiger charge is -2.12. The van der Waals surface area contributed by atoms with Crippen LogP contribution in [0.5, 0.6) is 5.75 Å². The molecule has 1 aliphatic rings. The van der Waals surface area contributed by atoms with Gasteiger partial charge in [0.2, 0.25) is 0 Å². The summed E-state index contributed by atoms with van der Waals surface area (Å²) in [5.74, 6) is 1.65. The van der Waals surface area contributed by atoms with Gasteiger partial charge in [0.05, 0.1) is 12.3 Å². The van der Waals surface area contributed by atoms with Crippen LogP contribution < -0.4 is 10.5 Å². The molecule has 0 aromatic heterocycles. The molecule has 0 spiro atoms. The van der Waals surface area contributed by atoms with Gasteiger partial charge in [-0.3, -0.25) is 0 Å². The van der Waals surface area contributed by atoms with Crippen molar-refractivity contribution in [1.29, 1.82) is 0 Å². The summed E-state index contributed by atoms with van der Waals surface area (Å²) in [5, 5.41) is 0. The number of nitrogens with two attached hydrogens (primary N) is 1. The van der Waals surface area contributed by atoms with Crippen LogP contribution in [0.4, 0.5) is 5.69 Å². The molecule has 0 radical (unpaired) electrons. The summed E-state index contributed by atoms with van der Waals surface area (Å²) in [5.41, 5.74) is 8.15. The topological polar surface area (TPSA) is 44.5 Å². The number of rotatable bonds is 7. The first-order chi connectivity index (χ1) is 9.29. The Morgan fingerprint density at radius 1 is 1.21 bits per heavy atom. The van der Waals surface area contributed by atoms with Gasteiger partial charge in [0.15, 0.2) is 0 Å². The molecule has 0 atom stereocenters. The predicted octanol–water partition coefficient (Wildman–Crippen LogP) is 3.42. The summed E-state index contributed by atoms with van der Waals surface area (Å²) in [4.78, 5) is 0. The van der Waals surface area contributed by atoms with Crippen LogP contribution in [0.3, 0.4) is 0 Å². The van der Waals surface area contributed by atoms with E-state index < -0.39 is 0 Å². The third kappa shape index (κ3) is 4.43. The molecule has 1 fully saturated rings. The number of methoxy groups -OCH3 is 1. The molecule has 1 aliphatic carbocycles. The monoisotopic (exact) mass is 263 g/mol. The number of hydrogen-bond donors (Lipinski definition) is 1. The van der Waals surface area contributed by atoms with Gasteiger partial charge < -0.3 is 15.2 Å². The SMILES string of the molecule is COCCCOc1ccc(CC2CCCC2)cc1N. The molecule has 0 saturated heterocycles. The van der Waals surface area contributed by atoms with Crippen molar-refractivity contribution in [2.24, 2.45) is 5.92 Å². The lowest BCUT2D eigenvalue weighted by Crippen LogP contribution is -2.04. The lowest BCUT2D eigenvalue weighted by molar-refractivity contribution is 0.172. The van der Waals surface area contributed by atoms with Gasteiger partial charge in [-0.1, -0.05) is 31.7 Å². The summed E-state index contributed by atoms with van der Waals surface area (Å²) in [6, 6.07) is 6.23. The van der Waals surface area contributed by atoms with Crippen LogP contribution >= 0.6 is 0 Å². The van der Waals surface area contributed by atoms with Crippen LogP contribution in [0, 0.1) is 5.92 Å². The van der Waals surface area contributed by atoms with Crippen molar-refractivity contribution in [3.63, 3.8) is 0 Å². The molecule has 1 aromatic rings. The Bertz CT molecular complexity index is 386. The summed E-state index contributed by atoms with van der Waals surface area (Å²) in [6.07, 6.45) is 7.57. The van der Waals surface area contributed by atoms with Crippen molar-refractivity contribution in [3.05, 3.63) is 23.8 Å². The van der Waals surface area contributed by atoms with Crippen molar-refractivity contribution in [2.75, 3.05) is 26.1 Å². The molecule has 19 heavy (non-hydrogen) atoms. The highest BCUT2D eigenvalue weighted by Gasteiger charge is 2.15. The molecule has 0 bridgehead atoms. The molecule has 0 heterocycles. The Hall–Kier alpha value is -1.22. The Balaban J connectivity index is 1.85. The largest absolute Gasteiger partial charge is 0.491 e. The number of benzene rings is 1. The predicted molar refractivity (Wildman–Crippen MR) is 78.5 cm³/mol. The van der Waals surface area contributed by atoms with E-state index >= 15 is 0 Å². The van der Waals surface area contributed by atoms with Crippen LogP contribution in [-0.2, 0) is 11.2 Å². The van der Waals surface area contributed by atoms with Crippen LogP contribution in [0.1, 0.15) is 37.7 Å². The summed E-state index contributed by atoms with van der Waals surface area (Å²) in [6.45, 7) is 1.37. The highest BCUT2D eigenvalue weighted by atomic mass is 16.5. The quantitative estimate of drug-likeness (QED) is 0.605. The molecular weight excluding hydrogens is 238 g/mol. The Morgan fingerprint density at radius 2 is 2.00 bits per heavy atom. The Morgan fingerprint density at radius 3 is 2.68 bits per heavy atom. The molecule has 106 valence electrons. The van der Waals surface area contributed by atoms with Crippen molar-refractivity contribution in [1.82, 2.24) is 0 Å². The van der Waals surface area contributed by atoms with E-state index in [4.69, 9.17) is 15.2 Å². The van der Waals surface area contributed by atoms with Crippen LogP contribution in [0.15, 0.2) is 18.2 Å². The molecular formula is C16H25NO2. The van der Waals surface area contributed by atoms with E-state index in [-0.39, 0.29) is 0 Å². The zero-order valence-corrected chi connectivity index (χ0v) is 11.9. The number of hydrogen-bond acceptors (Lipinski definition) is 3. The van der Waals surface area contributed by atoms with E-state index in [1.165, 1.54) is 31.2 Å². The first-order valence-electron chi connectivity index (χ1n) is 7.29. The van der Waals surface area contributed by atoms with Gasteiger partial charge in [-0.25, -0.2) is 0 Å². The van der Waals surface area contributed by atoms with E-state index in [1.807, 2.05) is 6.07 Å². The molecule has 2 N–H and O–H groups in total. The van der Waals surface area contributed by atoms with Gasteiger partial charge in [0, 0.05) is 20.1 Å². The van der Waals surface area contributed by atoms with Gasteiger partial charge in [0.25, 0.3) is 0 Å². The zero-order valence-electron chi connectivity index (χ0n) is 11.9. The standard InChI is InChI=1S/C16H25NO2/c1-18-9-4-10-19-16-8-7-14(12-15(16)17)11-13-5-2-3-6-13/h7-8,12-13H,2-6,9-11,17H2,1H3. The Labute approximate surface area is 116 Å². The van der Waals surface area contributed by atoms with Crippen molar-refractivity contribution < 1.29 is 9.47 Å². The van der Waals surface area contributed by atoms with Crippen LogP contribution in [0.25, 0.3) is 0 Å². The van der Waals surface area contributed by atoms with Gasteiger partial charge in [0.1, 0.15) is 5.75 Å². The number of anilines is 1. The maximum absolute atomic E-state index is 6.05. The summed E-state index contributed by atoms with van der Waals surface area (Å²) in [7, 11) is 1.70. The van der Waals surface area contributed by atoms with Gasteiger partial charge >= 0.3 is 0 Å². The van der Waals surface area contributed by atoms with E-state index in [9.17, 15) is 0 Å². The normalized spacial score (nSPS) is 15.8. The van der Waals surface area contributed by atoms with E-state index in [2.05, 4.69) is 12.1 Å². The average molecular weight is 263 g/mol. The van der Waals surface area contributed by atoms with Gasteiger partial charge in [-0.2, -0.15) is 0 Å². The highest BCUT2D eigenvalue weighted by Crippen LogP contribution is 2.30. The summed E-state index contributed by atoms with van der Waals surface area (Å²) >= 11 is 0. The molecule has 3 nitrogen and oxygen atoms in total. The fourth-order valence-electron chi connectivity index (χ4n) is 2.79. The van der Waals surface area contributed by atoms with Crippen molar-refractivity contribution in [2.45, 2.75) is 38.5 Å². The minimum absolute atomic E-state index is 0.653. The first kappa shape index (κ1) is 14.2. The second-order valence-electron chi connectivity index (χ2n) is 5.42. The van der Waals surface area contributed by atoms with Gasteiger partial charge in [-0.15, -0.1) is 0 Å². The summed E-state index contributed by atoms with van der Waals surface area (Å²) < 4.78 is 10.7. The molecule has 0 amide bonds. The van der Waals surface area contributed by atoms with Gasteiger partial charge in [-0.05, 0) is 30.0 Å². The van der Waals surface area contributed by atoms with E-state index in [0.29, 0.717) is 6.61 Å². The molecule has 1 aromatic carbocycles. The Kier molecular flexibility index (Phi) is 5.52. The second kappa shape index (κ2) is 7.39. The van der Waals surface area contributed by atoms with E-state index in [1.54, 1.807) is 7.11 Å². The lowest BCUT2D eigenvalue weighted by atomic mass is 9.97. The third-order valence-electron chi connectivity index (χ3n) is 3.82. The number of ether oxygens (including phenoxy) is 2. The van der Waals surface area contributed by atoms with Crippen LogP contribution in [-0.4, -0.2) is 20.3 Å². The molecule has 1 saturated carbocycles. The number of nitrogen functional groups attached to an aromatic ring is 1. The molecule has 0 unspecified atom stereocenters. The fraction of sp³-hybridized carbons (Fsp3) is 0.625. The highest BCUT2D eigenvalue weighted by molar-refractivity contribution is 5.54. The fourth-order valence-corrected chi connectivity index (χ4v) is 2.79. The van der Waals surface area contributed by atoms with Crippen molar-refractivity contribution >= 4 is 5.69 Å². The average Bonchev–Trinajstić information content (AvgIpc) is 2.90. The minimum atomic E-state index is 0.653. The third-order valence-corrected chi connectivity index (χ3v) is 3.82. The van der Waals surface area contributed by atoms with E-state index in [0.717, 1.165) is 36.8 Å². The molecule has 0 aliphatic heterocycles. The maximum atomic E-state index is 6.05. The second-order valence-corrected chi connectivity index (χ2v) is 5.42. The first-order valence-corrected chi connectivity index (χ1v) is 7.29. The molecule has 3 heteroatoms. The van der Waals surface area contributed by atoms with Crippen LogP contribution in [0.2, 0.25) is 0 Å². The zero-order chi connectivity index (χ0) is 13.5. The maximum Gasteiger partial charge on any atom is 0.142 e. The smallest absolute Gasteiger partial charge is 0.142 e. The van der Waals surface area contributed by atoms with Crippen molar-refractivity contribution in [3.8, 4) is 5.75 Å².